The van der Waals surface area contributed by atoms with Crippen LogP contribution in [0.15, 0.2) is 90.5 Å². The van der Waals surface area contributed by atoms with Crippen LogP contribution in [-0.2, 0) is 4.79 Å². The van der Waals surface area contributed by atoms with Crippen LogP contribution in [0.4, 0.5) is 5.69 Å². The molecule has 4 rings (SSSR count). The molecule has 2 N–H and O–H groups in total. The summed E-state index contributed by atoms with van der Waals surface area (Å²) in [6.45, 7) is 0. The molecule has 1 aliphatic rings. The zero-order chi connectivity index (χ0) is 22.0. The summed E-state index contributed by atoms with van der Waals surface area (Å²) in [5, 5.41) is 10.5. The van der Waals surface area contributed by atoms with Crippen LogP contribution in [0, 0.1) is 17.2 Å². The van der Waals surface area contributed by atoms with Crippen molar-refractivity contribution in [3.05, 3.63) is 107 Å². The van der Waals surface area contributed by atoms with Crippen LogP contribution < -0.4 is 10.6 Å². The minimum absolute atomic E-state index is 0.0161. The zero-order valence-corrected chi connectivity index (χ0v) is 17.0. The van der Waals surface area contributed by atoms with Crippen LogP contribution in [0.1, 0.15) is 21.8 Å². The Bertz CT molecular complexity index is 1200. The van der Waals surface area contributed by atoms with Gasteiger partial charge in [0.1, 0.15) is 11.7 Å². The molecule has 0 saturated heterocycles. The first-order chi connectivity index (χ1) is 15.0. The van der Waals surface area contributed by atoms with Crippen molar-refractivity contribution in [1.82, 2.24) is 4.98 Å². The van der Waals surface area contributed by atoms with E-state index >= 15 is 0 Å². The number of amides is 1. The maximum Gasteiger partial charge on any atom is 0.244 e. The van der Waals surface area contributed by atoms with Gasteiger partial charge in [0.2, 0.25) is 5.91 Å². The van der Waals surface area contributed by atoms with Crippen molar-refractivity contribution in [3.63, 3.8) is 0 Å². The molecule has 2 heterocycles. The third kappa shape index (κ3) is 3.67. The van der Waals surface area contributed by atoms with Crippen molar-refractivity contribution in [1.29, 1.82) is 5.26 Å². The van der Waals surface area contributed by atoms with Gasteiger partial charge < -0.3 is 5.73 Å². The average molecular weight is 429 g/mol. The number of aromatic nitrogens is 1. The second-order valence-electron chi connectivity index (χ2n) is 7.03. The molecule has 1 aromatic heterocycles. The molecule has 1 amide bonds. The predicted molar refractivity (Wildman–Crippen MR) is 117 cm³/mol. The first-order valence-electron chi connectivity index (χ1n) is 9.51. The van der Waals surface area contributed by atoms with Crippen molar-refractivity contribution < 1.29 is 9.59 Å². The number of ketones is 1. The van der Waals surface area contributed by atoms with Crippen molar-refractivity contribution in [2.75, 3.05) is 4.90 Å². The van der Waals surface area contributed by atoms with E-state index in [0.29, 0.717) is 21.8 Å². The van der Waals surface area contributed by atoms with E-state index in [0.717, 1.165) is 0 Å². The molecule has 2 unspecified atom stereocenters. The molecule has 152 valence electrons. The molecule has 0 spiro atoms. The number of anilines is 1. The van der Waals surface area contributed by atoms with Crippen molar-refractivity contribution in [3.8, 4) is 6.07 Å². The second kappa shape index (κ2) is 8.42. The fourth-order valence-electron chi connectivity index (χ4n) is 3.80. The van der Waals surface area contributed by atoms with Crippen LogP contribution in [-0.4, -0.2) is 16.7 Å². The number of hydrogen-bond donors (Lipinski definition) is 1. The van der Waals surface area contributed by atoms with Gasteiger partial charge in [-0.3, -0.25) is 19.5 Å². The quantitative estimate of drug-likeness (QED) is 0.499. The number of pyridine rings is 1. The number of benzene rings is 2. The van der Waals surface area contributed by atoms with Gasteiger partial charge in [0.05, 0.1) is 23.5 Å². The van der Waals surface area contributed by atoms with E-state index in [1.54, 1.807) is 72.9 Å². The summed E-state index contributed by atoms with van der Waals surface area (Å²) in [5.41, 5.74) is 7.83. The fraction of sp³-hybridized carbons (Fsp3) is 0.0833. The Morgan fingerprint density at radius 3 is 2.39 bits per heavy atom. The molecule has 6 nitrogen and oxygen atoms in total. The average Bonchev–Trinajstić information content (AvgIpc) is 2.80. The van der Waals surface area contributed by atoms with Crippen LogP contribution >= 0.6 is 11.6 Å². The van der Waals surface area contributed by atoms with Gasteiger partial charge in [-0.1, -0.05) is 54.1 Å². The minimum atomic E-state index is -1.18. The summed E-state index contributed by atoms with van der Waals surface area (Å²) in [5.74, 6) is -2.93. The first-order valence-corrected chi connectivity index (χ1v) is 9.89. The third-order valence-electron chi connectivity index (χ3n) is 5.24. The number of nitrogens with two attached hydrogens (primary N) is 1. The molecule has 1 aliphatic heterocycles. The third-order valence-corrected chi connectivity index (χ3v) is 5.49. The molecule has 0 saturated carbocycles. The molecule has 0 radical (unpaired) electrons. The highest BCUT2D eigenvalue weighted by molar-refractivity contribution is 6.30. The fourth-order valence-corrected chi connectivity index (χ4v) is 3.93. The number of halogens is 1. The summed E-state index contributed by atoms with van der Waals surface area (Å²) in [4.78, 5) is 32.5. The summed E-state index contributed by atoms with van der Waals surface area (Å²) in [7, 11) is 0. The topological polar surface area (TPSA) is 100 Å². The highest BCUT2D eigenvalue weighted by Crippen LogP contribution is 2.42. The number of allylic oxidation sites excluding steroid dienone is 1. The molecule has 2 aromatic carbocycles. The Morgan fingerprint density at radius 1 is 1.06 bits per heavy atom. The van der Waals surface area contributed by atoms with Crippen LogP contribution in [0.5, 0.6) is 0 Å². The zero-order valence-electron chi connectivity index (χ0n) is 16.3. The molecule has 3 aromatic rings. The molecular weight excluding hydrogens is 412 g/mol. The molecule has 0 fully saturated rings. The van der Waals surface area contributed by atoms with Crippen LogP contribution in [0.3, 0.4) is 0 Å². The van der Waals surface area contributed by atoms with Gasteiger partial charge in [0.25, 0.3) is 0 Å². The lowest BCUT2D eigenvalue weighted by molar-refractivity contribution is -0.121. The number of carbonyl (C=O) groups is 2. The van der Waals surface area contributed by atoms with Gasteiger partial charge in [-0.05, 0) is 29.8 Å². The SMILES string of the molecule is N#CC1=C(N)N(c2cccnc2)C(=O)C(C(=O)c2ccccc2)C1c1ccc(Cl)cc1. The van der Waals surface area contributed by atoms with Gasteiger partial charge in [0.15, 0.2) is 5.78 Å². The molecule has 7 heteroatoms. The van der Waals surface area contributed by atoms with Gasteiger partial charge in [0, 0.05) is 22.7 Å². The standard InChI is InChI=1S/C24H17ClN4O2/c25-17-10-8-15(9-11-17)20-19(13-26)23(27)29(18-7-4-12-28-14-18)24(31)21(20)22(30)16-5-2-1-3-6-16/h1-12,14,20-21H,27H2. The molecular formula is C24H17ClN4O2. The van der Waals surface area contributed by atoms with E-state index < -0.39 is 17.7 Å². The molecule has 0 bridgehead atoms. The van der Waals surface area contributed by atoms with Crippen molar-refractivity contribution >= 4 is 29.0 Å². The monoisotopic (exact) mass is 428 g/mol. The minimum Gasteiger partial charge on any atom is -0.384 e. The Labute approximate surface area is 184 Å². The maximum atomic E-state index is 13.7. The Kier molecular flexibility index (Phi) is 5.52. The lowest BCUT2D eigenvalue weighted by Gasteiger charge is -2.37. The van der Waals surface area contributed by atoms with E-state index in [-0.39, 0.29) is 17.2 Å². The normalized spacial score (nSPS) is 18.6. The summed E-state index contributed by atoms with van der Waals surface area (Å²) >= 11 is 6.03. The summed E-state index contributed by atoms with van der Waals surface area (Å²) < 4.78 is 0. The first kappa shape index (κ1) is 20.3. The summed E-state index contributed by atoms with van der Waals surface area (Å²) in [6.07, 6.45) is 3.03. The summed E-state index contributed by atoms with van der Waals surface area (Å²) in [6, 6.07) is 20.7. The van der Waals surface area contributed by atoms with Gasteiger partial charge >= 0.3 is 0 Å². The number of rotatable bonds is 4. The van der Waals surface area contributed by atoms with Crippen LogP contribution in [0.25, 0.3) is 0 Å². The number of nitriles is 1. The number of hydrogen-bond acceptors (Lipinski definition) is 5. The van der Waals surface area contributed by atoms with Gasteiger partial charge in [-0.25, -0.2) is 0 Å². The van der Waals surface area contributed by atoms with Gasteiger partial charge in [-0.15, -0.1) is 0 Å². The van der Waals surface area contributed by atoms with E-state index in [9.17, 15) is 14.9 Å². The van der Waals surface area contributed by atoms with Crippen molar-refractivity contribution in [2.45, 2.75) is 5.92 Å². The number of Topliss-reactive ketones (excluding diaryl/α,β-unsaturated/α-hetero) is 1. The highest BCUT2D eigenvalue weighted by atomic mass is 35.5. The molecule has 0 aliphatic carbocycles. The number of carbonyl (C=O) groups excluding carboxylic acids is 2. The van der Waals surface area contributed by atoms with E-state index in [2.05, 4.69) is 11.1 Å². The predicted octanol–water partition coefficient (Wildman–Crippen LogP) is 4.06. The van der Waals surface area contributed by atoms with Crippen LogP contribution in [0.2, 0.25) is 5.02 Å². The Balaban J connectivity index is 1.94. The van der Waals surface area contributed by atoms with E-state index in [1.807, 2.05) is 0 Å². The van der Waals surface area contributed by atoms with Gasteiger partial charge in [-0.2, -0.15) is 5.26 Å². The lowest BCUT2D eigenvalue weighted by atomic mass is 9.74. The highest BCUT2D eigenvalue weighted by Gasteiger charge is 2.47. The van der Waals surface area contributed by atoms with E-state index in [4.69, 9.17) is 17.3 Å². The Morgan fingerprint density at radius 2 is 1.77 bits per heavy atom. The van der Waals surface area contributed by atoms with E-state index in [1.165, 1.54) is 11.1 Å². The molecule has 31 heavy (non-hydrogen) atoms. The number of nitrogens with zero attached hydrogens (tertiary/aromatic N) is 3. The largest absolute Gasteiger partial charge is 0.384 e. The lowest BCUT2D eigenvalue weighted by Crippen LogP contribution is -2.49. The second-order valence-corrected chi connectivity index (χ2v) is 7.47. The maximum absolute atomic E-state index is 13.7. The van der Waals surface area contributed by atoms with Crippen molar-refractivity contribution in [2.24, 2.45) is 11.7 Å². The smallest absolute Gasteiger partial charge is 0.244 e. The Hall–Kier alpha value is -3.95. The molecule has 2 atom stereocenters.